The van der Waals surface area contributed by atoms with Crippen LogP contribution in [0.1, 0.15) is 0 Å². The Hall–Kier alpha value is -0.180. The van der Waals surface area contributed by atoms with E-state index in [1.165, 1.54) is 0 Å². The topological polar surface area (TPSA) is 26.3 Å². The zero-order chi connectivity index (χ0) is 5.70. The molecule has 0 aromatic rings. The molecule has 0 heterocycles. The largest absolute Gasteiger partial charge is 0.458 e. The first kappa shape index (κ1) is 6.82. The van der Waals surface area contributed by atoms with Crippen LogP contribution < -0.4 is 0 Å². The summed E-state index contributed by atoms with van der Waals surface area (Å²) in [5, 5.41) is -0.269. The second-order valence-corrected chi connectivity index (χ2v) is 1.54. The maximum atomic E-state index is 10.1. The summed E-state index contributed by atoms with van der Waals surface area (Å²) >= 11 is 1.05. The van der Waals surface area contributed by atoms with Crippen molar-refractivity contribution in [3.63, 3.8) is 0 Å². The number of hydrogen-bond donors (Lipinski definition) is 0. The molecule has 2 nitrogen and oxygen atoms in total. The van der Waals surface area contributed by atoms with Crippen LogP contribution in [0.4, 0.5) is 4.79 Å². The third-order valence-corrected chi connectivity index (χ3v) is 0.838. The summed E-state index contributed by atoms with van der Waals surface area (Å²) in [7, 11) is 0. The molecular formula is C4H7O2S. The van der Waals surface area contributed by atoms with Gasteiger partial charge in [0.2, 0.25) is 0 Å². The average Bonchev–Trinajstić information content (AvgIpc) is 1.68. The zero-order valence-electron chi connectivity index (χ0n) is 4.14. The van der Waals surface area contributed by atoms with Crippen LogP contribution in [-0.2, 0) is 4.74 Å². The third-order valence-electron chi connectivity index (χ3n) is 0.387. The van der Waals surface area contributed by atoms with Crippen molar-refractivity contribution in [2.24, 2.45) is 0 Å². The lowest BCUT2D eigenvalue weighted by Crippen LogP contribution is -1.93. The Kier molecular flexibility index (Phi) is 3.89. The monoisotopic (exact) mass is 119 g/mol. The highest BCUT2D eigenvalue weighted by atomic mass is 32.2. The summed E-state index contributed by atoms with van der Waals surface area (Å²) in [5.41, 5.74) is 0. The predicted molar refractivity (Wildman–Crippen MR) is 30.2 cm³/mol. The lowest BCUT2D eigenvalue weighted by Gasteiger charge is -1.92. The van der Waals surface area contributed by atoms with Crippen molar-refractivity contribution in [2.75, 3.05) is 12.9 Å². The Morgan fingerprint density at radius 3 is 2.71 bits per heavy atom. The Balaban J connectivity index is 3.00. The number of rotatable bonds is 1. The molecule has 0 unspecified atom stereocenters. The fourth-order valence-corrected chi connectivity index (χ4v) is 0.343. The molecule has 7 heavy (non-hydrogen) atoms. The van der Waals surface area contributed by atoms with Crippen LogP contribution in [0.5, 0.6) is 0 Å². The van der Waals surface area contributed by atoms with E-state index in [9.17, 15) is 4.79 Å². The molecule has 0 atom stereocenters. The highest BCUT2D eigenvalue weighted by molar-refractivity contribution is 8.12. The van der Waals surface area contributed by atoms with E-state index in [4.69, 9.17) is 0 Å². The molecule has 41 valence electrons. The van der Waals surface area contributed by atoms with Crippen molar-refractivity contribution < 1.29 is 9.53 Å². The van der Waals surface area contributed by atoms with Crippen LogP contribution in [0.15, 0.2) is 0 Å². The summed E-state index contributed by atoms with van der Waals surface area (Å²) in [6, 6.07) is 0. The maximum Gasteiger partial charge on any atom is 0.367 e. The molecule has 0 saturated heterocycles. The van der Waals surface area contributed by atoms with Crippen molar-refractivity contribution in [2.45, 2.75) is 0 Å². The minimum absolute atomic E-state index is 0.222. The van der Waals surface area contributed by atoms with Gasteiger partial charge in [-0.25, -0.2) is 4.79 Å². The van der Waals surface area contributed by atoms with E-state index in [2.05, 4.69) is 11.7 Å². The standard InChI is InChI=1S/C4H7O2S/c1-3-6-4(5)7-2/h1,3H2,2H3. The molecule has 0 bridgehead atoms. The van der Waals surface area contributed by atoms with Crippen LogP contribution in [0.3, 0.4) is 0 Å². The summed E-state index contributed by atoms with van der Waals surface area (Å²) in [5.74, 6) is 0. The number of ether oxygens (including phenoxy) is 1. The van der Waals surface area contributed by atoms with E-state index in [0.717, 1.165) is 11.8 Å². The number of thioether (sulfide) groups is 1. The van der Waals surface area contributed by atoms with Gasteiger partial charge in [-0.1, -0.05) is 0 Å². The zero-order valence-corrected chi connectivity index (χ0v) is 4.96. The summed E-state index contributed by atoms with van der Waals surface area (Å²) in [6.07, 6.45) is 1.66. The van der Waals surface area contributed by atoms with E-state index in [1.807, 2.05) is 0 Å². The molecule has 0 aromatic carbocycles. The van der Waals surface area contributed by atoms with Crippen molar-refractivity contribution in [1.29, 1.82) is 0 Å². The first-order valence-corrected chi connectivity index (χ1v) is 3.03. The van der Waals surface area contributed by atoms with Crippen molar-refractivity contribution in [1.82, 2.24) is 0 Å². The Bertz CT molecular complexity index is 62.7. The second kappa shape index (κ2) is 3.99. The van der Waals surface area contributed by atoms with Gasteiger partial charge in [-0.2, -0.15) is 0 Å². The van der Waals surface area contributed by atoms with Gasteiger partial charge in [-0.3, -0.25) is 0 Å². The smallest absolute Gasteiger partial charge is 0.367 e. The highest BCUT2D eigenvalue weighted by Gasteiger charge is 1.92. The summed E-state index contributed by atoms with van der Waals surface area (Å²) < 4.78 is 4.40. The fourth-order valence-electron chi connectivity index (χ4n) is 0.142. The first-order chi connectivity index (χ1) is 3.31. The lowest BCUT2D eigenvalue weighted by molar-refractivity contribution is 0.187. The first-order valence-electron chi connectivity index (χ1n) is 1.81. The van der Waals surface area contributed by atoms with E-state index in [-0.39, 0.29) is 11.9 Å². The van der Waals surface area contributed by atoms with Crippen LogP contribution >= 0.6 is 11.8 Å². The quantitative estimate of drug-likeness (QED) is 0.487. The molecule has 0 spiro atoms. The van der Waals surface area contributed by atoms with Gasteiger partial charge in [-0.15, -0.1) is 0 Å². The van der Waals surface area contributed by atoms with Crippen LogP contribution in [0.25, 0.3) is 0 Å². The molecule has 0 amide bonds. The molecule has 0 aliphatic rings. The van der Waals surface area contributed by atoms with E-state index in [0.29, 0.717) is 0 Å². The van der Waals surface area contributed by atoms with Gasteiger partial charge >= 0.3 is 5.30 Å². The second-order valence-electron chi connectivity index (χ2n) is 0.803. The summed E-state index contributed by atoms with van der Waals surface area (Å²) in [4.78, 5) is 10.1. The van der Waals surface area contributed by atoms with Gasteiger partial charge in [0.15, 0.2) is 0 Å². The van der Waals surface area contributed by atoms with E-state index >= 15 is 0 Å². The molecular weight excluding hydrogens is 112 g/mol. The average molecular weight is 119 g/mol. The van der Waals surface area contributed by atoms with Crippen molar-refractivity contribution in [3.05, 3.63) is 6.92 Å². The molecule has 0 rings (SSSR count). The summed E-state index contributed by atoms with van der Waals surface area (Å²) in [6.45, 7) is 3.54. The minimum Gasteiger partial charge on any atom is -0.458 e. The van der Waals surface area contributed by atoms with Gasteiger partial charge in [0.1, 0.15) is 0 Å². The molecule has 3 heteroatoms. The van der Waals surface area contributed by atoms with E-state index in [1.54, 1.807) is 6.26 Å². The molecule has 1 radical (unpaired) electrons. The Labute approximate surface area is 47.2 Å². The van der Waals surface area contributed by atoms with Crippen LogP contribution in [0.2, 0.25) is 0 Å². The van der Waals surface area contributed by atoms with Crippen LogP contribution in [-0.4, -0.2) is 18.2 Å². The fraction of sp³-hybridized carbons (Fsp3) is 0.500. The Morgan fingerprint density at radius 1 is 2.00 bits per heavy atom. The minimum atomic E-state index is -0.269. The number of carbonyl (C=O) groups is 1. The predicted octanol–water partition coefficient (Wildman–Crippen LogP) is 1.32. The maximum absolute atomic E-state index is 10.1. The van der Waals surface area contributed by atoms with Crippen LogP contribution in [0, 0.1) is 6.92 Å². The lowest BCUT2D eigenvalue weighted by atomic mass is 10.9. The molecule has 0 N–H and O–H groups in total. The molecule has 0 aliphatic carbocycles. The number of carbonyl (C=O) groups excluding carboxylic acids is 1. The van der Waals surface area contributed by atoms with Gasteiger partial charge in [0.05, 0.1) is 6.61 Å². The van der Waals surface area contributed by atoms with Gasteiger partial charge in [0, 0.05) is 0 Å². The highest BCUT2D eigenvalue weighted by Crippen LogP contribution is 1.96. The molecule has 0 saturated carbocycles. The normalized spacial score (nSPS) is 8.29. The molecule has 0 aliphatic heterocycles. The van der Waals surface area contributed by atoms with Crippen molar-refractivity contribution in [3.8, 4) is 0 Å². The SMILES string of the molecule is [CH2]COC(=O)SC. The van der Waals surface area contributed by atoms with Gasteiger partial charge in [0.25, 0.3) is 0 Å². The molecule has 0 aromatic heterocycles. The van der Waals surface area contributed by atoms with Gasteiger partial charge in [-0.05, 0) is 24.9 Å². The third kappa shape index (κ3) is 3.66. The number of hydrogen-bond acceptors (Lipinski definition) is 3. The van der Waals surface area contributed by atoms with Crippen molar-refractivity contribution >= 4 is 17.1 Å². The Morgan fingerprint density at radius 2 is 2.57 bits per heavy atom. The van der Waals surface area contributed by atoms with Gasteiger partial charge < -0.3 is 4.74 Å². The van der Waals surface area contributed by atoms with E-state index < -0.39 is 0 Å². The molecule has 0 fully saturated rings.